The number of hydrogen-bond donors (Lipinski definition) is 0. The minimum atomic E-state index is -0.170. The van der Waals surface area contributed by atoms with Crippen LogP contribution in [0.1, 0.15) is 45.7 Å². The van der Waals surface area contributed by atoms with Gasteiger partial charge in [-0.3, -0.25) is 9.59 Å². The molecule has 6 heteroatoms. The van der Waals surface area contributed by atoms with Crippen molar-refractivity contribution in [1.29, 1.82) is 0 Å². The number of unbranched alkanes of at least 4 members (excludes halogenated alkanes) is 1. The second kappa shape index (κ2) is 12.1. The summed E-state index contributed by atoms with van der Waals surface area (Å²) >= 11 is 0. The molecule has 2 amide bonds. The molecule has 0 radical (unpaired) electrons. The van der Waals surface area contributed by atoms with Gasteiger partial charge in [-0.15, -0.1) is 0 Å². The van der Waals surface area contributed by atoms with Crippen LogP contribution in [0.15, 0.2) is 48.7 Å². The SMILES string of the molecule is CCCCN(Cc1cccn1C)C(=O)CN(C(=O)COc1ccccc1)[C@@H](C)CC. The summed E-state index contributed by atoms with van der Waals surface area (Å²) in [5, 5.41) is 0. The van der Waals surface area contributed by atoms with Gasteiger partial charge < -0.3 is 19.1 Å². The molecule has 0 N–H and O–H groups in total. The van der Waals surface area contributed by atoms with E-state index in [-0.39, 0.29) is 31.0 Å². The van der Waals surface area contributed by atoms with Crippen LogP contribution >= 0.6 is 0 Å². The Kier molecular flexibility index (Phi) is 9.45. The minimum Gasteiger partial charge on any atom is -0.484 e. The van der Waals surface area contributed by atoms with Gasteiger partial charge >= 0.3 is 0 Å². The highest BCUT2D eigenvalue weighted by Gasteiger charge is 2.25. The van der Waals surface area contributed by atoms with E-state index >= 15 is 0 Å². The van der Waals surface area contributed by atoms with Gasteiger partial charge in [-0.1, -0.05) is 38.5 Å². The molecule has 1 aromatic carbocycles. The monoisotopic (exact) mass is 413 g/mol. The van der Waals surface area contributed by atoms with Gasteiger partial charge in [0.2, 0.25) is 5.91 Å². The zero-order chi connectivity index (χ0) is 21.9. The highest BCUT2D eigenvalue weighted by Crippen LogP contribution is 2.12. The normalized spacial score (nSPS) is 11.7. The Morgan fingerprint density at radius 3 is 2.40 bits per heavy atom. The van der Waals surface area contributed by atoms with Crippen LogP contribution in [-0.4, -0.2) is 51.9 Å². The number of aryl methyl sites for hydroxylation is 1. The summed E-state index contributed by atoms with van der Waals surface area (Å²) in [4.78, 5) is 29.6. The van der Waals surface area contributed by atoms with Crippen LogP contribution in [0.3, 0.4) is 0 Å². The van der Waals surface area contributed by atoms with Crippen LogP contribution in [0, 0.1) is 0 Å². The van der Waals surface area contributed by atoms with E-state index in [4.69, 9.17) is 4.74 Å². The molecule has 0 saturated carbocycles. The van der Waals surface area contributed by atoms with Crippen molar-refractivity contribution in [3.8, 4) is 5.75 Å². The van der Waals surface area contributed by atoms with Crippen LogP contribution in [0.25, 0.3) is 0 Å². The first-order valence-electron chi connectivity index (χ1n) is 10.8. The lowest BCUT2D eigenvalue weighted by molar-refractivity contribution is -0.144. The van der Waals surface area contributed by atoms with Crippen molar-refractivity contribution < 1.29 is 14.3 Å². The van der Waals surface area contributed by atoms with Crippen molar-refractivity contribution in [2.75, 3.05) is 19.7 Å². The van der Waals surface area contributed by atoms with E-state index in [1.54, 1.807) is 4.90 Å². The van der Waals surface area contributed by atoms with Crippen molar-refractivity contribution in [2.24, 2.45) is 7.05 Å². The molecule has 1 aromatic heterocycles. The molecule has 6 nitrogen and oxygen atoms in total. The Morgan fingerprint density at radius 2 is 1.80 bits per heavy atom. The third-order valence-corrected chi connectivity index (χ3v) is 5.39. The van der Waals surface area contributed by atoms with Gasteiger partial charge in [-0.25, -0.2) is 0 Å². The number of carbonyl (C=O) groups excluding carboxylic acids is 2. The molecular formula is C24H35N3O3. The van der Waals surface area contributed by atoms with Crippen LogP contribution in [0.4, 0.5) is 0 Å². The maximum Gasteiger partial charge on any atom is 0.261 e. The summed E-state index contributed by atoms with van der Waals surface area (Å²) in [6.45, 7) is 7.33. The molecule has 0 aliphatic heterocycles. The van der Waals surface area contributed by atoms with Crippen LogP contribution in [0.5, 0.6) is 5.75 Å². The Hall–Kier alpha value is -2.76. The van der Waals surface area contributed by atoms with Crippen LogP contribution in [-0.2, 0) is 23.2 Å². The first-order valence-corrected chi connectivity index (χ1v) is 10.8. The molecule has 30 heavy (non-hydrogen) atoms. The second-order valence-corrected chi connectivity index (χ2v) is 7.66. The van der Waals surface area contributed by atoms with Gasteiger partial charge in [0.15, 0.2) is 6.61 Å². The first-order chi connectivity index (χ1) is 14.5. The second-order valence-electron chi connectivity index (χ2n) is 7.66. The van der Waals surface area contributed by atoms with E-state index in [1.165, 1.54) is 0 Å². The highest BCUT2D eigenvalue weighted by molar-refractivity contribution is 5.85. The number of para-hydroxylation sites is 1. The number of aromatic nitrogens is 1. The molecule has 0 spiro atoms. The smallest absolute Gasteiger partial charge is 0.261 e. The maximum atomic E-state index is 13.2. The van der Waals surface area contributed by atoms with E-state index in [9.17, 15) is 9.59 Å². The summed E-state index contributed by atoms with van der Waals surface area (Å²) < 4.78 is 7.66. The molecule has 0 bridgehead atoms. The van der Waals surface area contributed by atoms with Crippen molar-refractivity contribution >= 4 is 11.8 Å². The molecule has 2 rings (SSSR count). The molecule has 0 aliphatic carbocycles. The van der Waals surface area contributed by atoms with Crippen molar-refractivity contribution in [2.45, 2.75) is 52.6 Å². The van der Waals surface area contributed by atoms with E-state index in [1.807, 2.05) is 79.0 Å². The van der Waals surface area contributed by atoms with E-state index in [0.29, 0.717) is 18.8 Å². The number of ether oxygens (including phenoxy) is 1. The fraction of sp³-hybridized carbons (Fsp3) is 0.500. The molecule has 0 fully saturated rings. The largest absolute Gasteiger partial charge is 0.484 e. The third kappa shape index (κ3) is 6.94. The number of nitrogens with zero attached hydrogens (tertiary/aromatic N) is 3. The van der Waals surface area contributed by atoms with Crippen molar-refractivity contribution in [3.05, 3.63) is 54.4 Å². The lowest BCUT2D eigenvalue weighted by atomic mass is 10.2. The molecule has 0 saturated heterocycles. The number of amides is 2. The number of hydrogen-bond acceptors (Lipinski definition) is 3. The quantitative estimate of drug-likeness (QED) is 0.531. The molecule has 0 unspecified atom stereocenters. The lowest BCUT2D eigenvalue weighted by Crippen LogP contribution is -2.48. The number of rotatable bonds is 12. The Morgan fingerprint density at radius 1 is 1.07 bits per heavy atom. The molecular weight excluding hydrogens is 378 g/mol. The van der Waals surface area contributed by atoms with E-state index in [2.05, 4.69) is 6.92 Å². The Balaban J connectivity index is 2.06. The zero-order valence-electron chi connectivity index (χ0n) is 18.7. The standard InChI is InChI=1S/C24H35N3O3/c1-5-7-16-26(17-21-12-11-15-25(21)4)23(28)18-27(20(3)6-2)24(29)19-30-22-13-9-8-10-14-22/h8-15,20H,5-7,16-19H2,1-4H3/t20-/m0/s1. The van der Waals surface area contributed by atoms with Gasteiger partial charge in [0.25, 0.3) is 5.91 Å². The summed E-state index contributed by atoms with van der Waals surface area (Å²) in [5.74, 6) is 0.448. The zero-order valence-corrected chi connectivity index (χ0v) is 18.7. The fourth-order valence-electron chi connectivity index (χ4n) is 3.20. The van der Waals surface area contributed by atoms with Gasteiger partial charge in [0.05, 0.1) is 6.54 Å². The molecule has 0 aliphatic rings. The Bertz CT molecular complexity index is 788. The van der Waals surface area contributed by atoms with Gasteiger partial charge in [-0.2, -0.15) is 0 Å². The Labute approximate surface area is 180 Å². The number of benzene rings is 1. The summed E-state index contributed by atoms with van der Waals surface area (Å²) in [6.07, 6.45) is 4.70. The molecule has 1 heterocycles. The van der Waals surface area contributed by atoms with Gasteiger partial charge in [0, 0.05) is 31.5 Å². The molecule has 164 valence electrons. The molecule has 2 aromatic rings. The van der Waals surface area contributed by atoms with E-state index < -0.39 is 0 Å². The van der Waals surface area contributed by atoms with Crippen LogP contribution < -0.4 is 4.74 Å². The maximum absolute atomic E-state index is 13.2. The minimum absolute atomic E-state index is 0.0296. The summed E-state index contributed by atoms with van der Waals surface area (Å²) in [7, 11) is 1.98. The third-order valence-electron chi connectivity index (χ3n) is 5.39. The summed E-state index contributed by atoms with van der Waals surface area (Å²) in [6, 6.07) is 13.2. The average Bonchev–Trinajstić information content (AvgIpc) is 3.17. The van der Waals surface area contributed by atoms with Gasteiger partial charge in [-0.05, 0) is 44.0 Å². The lowest BCUT2D eigenvalue weighted by Gasteiger charge is -2.31. The predicted octanol–water partition coefficient (Wildman–Crippen LogP) is 3.86. The topological polar surface area (TPSA) is 54.8 Å². The first kappa shape index (κ1) is 23.5. The predicted molar refractivity (Wildman–Crippen MR) is 119 cm³/mol. The summed E-state index contributed by atoms with van der Waals surface area (Å²) in [5.41, 5.74) is 1.08. The fourth-order valence-corrected chi connectivity index (χ4v) is 3.20. The van der Waals surface area contributed by atoms with E-state index in [0.717, 1.165) is 25.0 Å². The average molecular weight is 414 g/mol. The van der Waals surface area contributed by atoms with Crippen molar-refractivity contribution in [3.63, 3.8) is 0 Å². The number of carbonyl (C=O) groups is 2. The molecule has 1 atom stereocenters. The van der Waals surface area contributed by atoms with Gasteiger partial charge in [0.1, 0.15) is 12.3 Å². The van der Waals surface area contributed by atoms with Crippen LogP contribution in [0.2, 0.25) is 0 Å². The highest BCUT2D eigenvalue weighted by atomic mass is 16.5. The van der Waals surface area contributed by atoms with Crippen molar-refractivity contribution in [1.82, 2.24) is 14.4 Å².